The molecule has 2 amide bonds. The van der Waals surface area contributed by atoms with Crippen molar-refractivity contribution in [1.82, 2.24) is 5.32 Å². The van der Waals surface area contributed by atoms with Gasteiger partial charge in [0.25, 0.3) is 0 Å². The van der Waals surface area contributed by atoms with E-state index in [-0.39, 0.29) is 12.3 Å². The standard InChI is InChI=1S/C16H15F3N2O4/c1-9-6-7-13(25-9)12(22)8-20-14(23)15(24)21-11-5-3-2-4-10(11)16(17,18)19/h2-7,12,22H,8H2,1H3,(H,20,23)(H,21,24). The van der Waals surface area contributed by atoms with E-state index in [1.165, 1.54) is 18.2 Å². The van der Waals surface area contributed by atoms with Crippen LogP contribution in [0, 0.1) is 6.92 Å². The van der Waals surface area contributed by atoms with Gasteiger partial charge in [-0.2, -0.15) is 13.2 Å². The minimum Gasteiger partial charge on any atom is -0.464 e. The molecule has 0 aliphatic heterocycles. The van der Waals surface area contributed by atoms with Crippen LogP contribution in [0.4, 0.5) is 18.9 Å². The molecule has 2 rings (SSSR count). The van der Waals surface area contributed by atoms with E-state index in [0.29, 0.717) is 5.76 Å². The number of aliphatic hydroxyl groups is 1. The van der Waals surface area contributed by atoms with Gasteiger partial charge >= 0.3 is 18.0 Å². The predicted octanol–water partition coefficient (Wildman–Crippen LogP) is 2.40. The minimum absolute atomic E-state index is 0.195. The first kappa shape index (κ1) is 18.5. The highest BCUT2D eigenvalue weighted by atomic mass is 19.4. The van der Waals surface area contributed by atoms with E-state index >= 15 is 0 Å². The summed E-state index contributed by atoms with van der Waals surface area (Å²) in [5, 5.41) is 13.9. The van der Waals surface area contributed by atoms with Crippen LogP contribution in [-0.2, 0) is 15.8 Å². The van der Waals surface area contributed by atoms with Gasteiger partial charge in [-0.3, -0.25) is 9.59 Å². The summed E-state index contributed by atoms with van der Waals surface area (Å²) < 4.78 is 43.7. The SMILES string of the molecule is Cc1ccc(C(O)CNC(=O)C(=O)Nc2ccccc2C(F)(F)F)o1. The summed E-state index contributed by atoms with van der Waals surface area (Å²) in [5.74, 6) is -1.71. The van der Waals surface area contributed by atoms with Crippen molar-refractivity contribution in [3.05, 3.63) is 53.5 Å². The number of furan rings is 1. The highest BCUT2D eigenvalue weighted by molar-refractivity contribution is 6.39. The molecule has 1 atom stereocenters. The molecule has 9 heteroatoms. The lowest BCUT2D eigenvalue weighted by Gasteiger charge is -2.14. The highest BCUT2D eigenvalue weighted by Gasteiger charge is 2.34. The van der Waals surface area contributed by atoms with Gasteiger partial charge in [0, 0.05) is 0 Å². The van der Waals surface area contributed by atoms with Gasteiger partial charge in [-0.15, -0.1) is 0 Å². The molecule has 0 spiro atoms. The molecule has 1 aromatic heterocycles. The second kappa shape index (κ2) is 7.39. The van der Waals surface area contributed by atoms with Gasteiger partial charge in [0.15, 0.2) is 0 Å². The van der Waals surface area contributed by atoms with E-state index in [1.807, 2.05) is 5.32 Å². The first-order valence-electron chi connectivity index (χ1n) is 7.18. The summed E-state index contributed by atoms with van der Waals surface area (Å²) >= 11 is 0. The molecule has 1 aromatic carbocycles. The lowest BCUT2D eigenvalue weighted by Crippen LogP contribution is -2.38. The number of benzene rings is 1. The molecule has 0 fully saturated rings. The lowest BCUT2D eigenvalue weighted by molar-refractivity contribution is -0.138. The number of carbonyl (C=O) groups excluding carboxylic acids is 2. The number of hydrogen-bond acceptors (Lipinski definition) is 4. The average Bonchev–Trinajstić information content (AvgIpc) is 2.98. The maximum atomic E-state index is 12.8. The summed E-state index contributed by atoms with van der Waals surface area (Å²) in [5.41, 5.74) is -1.60. The zero-order valence-electron chi connectivity index (χ0n) is 13.1. The van der Waals surface area contributed by atoms with Crippen molar-refractivity contribution in [3.8, 4) is 0 Å². The normalized spacial score (nSPS) is 12.5. The van der Waals surface area contributed by atoms with E-state index in [4.69, 9.17) is 4.42 Å². The Labute approximate surface area is 140 Å². The maximum absolute atomic E-state index is 12.8. The van der Waals surface area contributed by atoms with E-state index in [2.05, 4.69) is 5.32 Å². The lowest BCUT2D eigenvalue weighted by atomic mass is 10.1. The van der Waals surface area contributed by atoms with E-state index in [0.717, 1.165) is 12.1 Å². The van der Waals surface area contributed by atoms with Gasteiger partial charge in [0.05, 0.1) is 17.8 Å². The Hall–Kier alpha value is -2.81. The van der Waals surface area contributed by atoms with Crippen LogP contribution in [0.3, 0.4) is 0 Å². The number of alkyl halides is 3. The summed E-state index contributed by atoms with van der Waals surface area (Å²) in [4.78, 5) is 23.5. The molecule has 0 saturated heterocycles. The molecule has 6 nitrogen and oxygen atoms in total. The highest BCUT2D eigenvalue weighted by Crippen LogP contribution is 2.34. The summed E-state index contributed by atoms with van der Waals surface area (Å²) in [6.07, 6.45) is -5.86. The Balaban J connectivity index is 1.96. The molecule has 1 unspecified atom stereocenters. The summed E-state index contributed by atoms with van der Waals surface area (Å²) in [6.45, 7) is 1.33. The van der Waals surface area contributed by atoms with E-state index in [9.17, 15) is 27.9 Å². The number of aliphatic hydroxyl groups excluding tert-OH is 1. The van der Waals surface area contributed by atoms with Crippen LogP contribution in [-0.4, -0.2) is 23.5 Å². The molecule has 3 N–H and O–H groups in total. The van der Waals surface area contributed by atoms with Gasteiger partial charge in [0.1, 0.15) is 17.6 Å². The van der Waals surface area contributed by atoms with Gasteiger partial charge in [-0.05, 0) is 31.2 Å². The van der Waals surface area contributed by atoms with Crippen LogP contribution in [0.15, 0.2) is 40.8 Å². The number of hydrogen-bond donors (Lipinski definition) is 3. The first-order chi connectivity index (χ1) is 11.7. The summed E-state index contributed by atoms with van der Waals surface area (Å²) in [7, 11) is 0. The number of para-hydroxylation sites is 1. The second-order valence-corrected chi connectivity index (χ2v) is 5.17. The van der Waals surface area contributed by atoms with Crippen molar-refractivity contribution >= 4 is 17.5 Å². The number of amides is 2. The topological polar surface area (TPSA) is 91.6 Å². The molecular weight excluding hydrogens is 341 g/mol. The van der Waals surface area contributed by atoms with Gasteiger partial charge in [-0.25, -0.2) is 0 Å². The number of aryl methyl sites for hydroxylation is 1. The van der Waals surface area contributed by atoms with Crippen molar-refractivity contribution in [2.24, 2.45) is 0 Å². The van der Waals surface area contributed by atoms with Gasteiger partial charge in [-0.1, -0.05) is 12.1 Å². The fourth-order valence-corrected chi connectivity index (χ4v) is 2.02. The minimum atomic E-state index is -4.67. The fourth-order valence-electron chi connectivity index (χ4n) is 2.02. The second-order valence-electron chi connectivity index (χ2n) is 5.17. The van der Waals surface area contributed by atoms with E-state index in [1.54, 1.807) is 13.0 Å². The third kappa shape index (κ3) is 4.83. The largest absolute Gasteiger partial charge is 0.464 e. The monoisotopic (exact) mass is 356 g/mol. The predicted molar refractivity (Wildman–Crippen MR) is 81.5 cm³/mol. The van der Waals surface area contributed by atoms with E-state index < -0.39 is 35.3 Å². The molecule has 134 valence electrons. The molecule has 0 aliphatic rings. The number of nitrogens with one attached hydrogen (secondary N) is 2. The number of halogens is 3. The number of rotatable bonds is 4. The zero-order valence-corrected chi connectivity index (χ0v) is 13.1. The Bertz CT molecular complexity index is 771. The maximum Gasteiger partial charge on any atom is 0.418 e. The fraction of sp³-hybridized carbons (Fsp3) is 0.250. The molecule has 0 bridgehead atoms. The molecule has 1 heterocycles. The molecular formula is C16H15F3N2O4. The molecule has 0 radical (unpaired) electrons. The average molecular weight is 356 g/mol. The van der Waals surface area contributed by atoms with Crippen molar-refractivity contribution in [3.63, 3.8) is 0 Å². The van der Waals surface area contributed by atoms with Crippen LogP contribution in [0.1, 0.15) is 23.2 Å². The molecule has 2 aromatic rings. The Kier molecular flexibility index (Phi) is 5.48. The molecule has 25 heavy (non-hydrogen) atoms. The number of anilines is 1. The van der Waals surface area contributed by atoms with Crippen molar-refractivity contribution in [1.29, 1.82) is 0 Å². The third-order valence-electron chi connectivity index (χ3n) is 3.23. The van der Waals surface area contributed by atoms with Crippen LogP contribution in [0.5, 0.6) is 0 Å². The van der Waals surface area contributed by atoms with Crippen molar-refractivity contribution < 1.29 is 32.3 Å². The summed E-state index contributed by atoms with van der Waals surface area (Å²) in [6, 6.07) is 7.41. The van der Waals surface area contributed by atoms with Crippen LogP contribution < -0.4 is 10.6 Å². The van der Waals surface area contributed by atoms with Crippen molar-refractivity contribution in [2.45, 2.75) is 19.2 Å². The molecule has 0 saturated carbocycles. The first-order valence-corrected chi connectivity index (χ1v) is 7.18. The quantitative estimate of drug-likeness (QED) is 0.734. The Morgan fingerprint density at radius 1 is 1.16 bits per heavy atom. The van der Waals surface area contributed by atoms with Gasteiger partial charge in [0.2, 0.25) is 0 Å². The van der Waals surface area contributed by atoms with Crippen LogP contribution >= 0.6 is 0 Å². The Morgan fingerprint density at radius 2 is 1.84 bits per heavy atom. The number of carbonyl (C=O) groups is 2. The van der Waals surface area contributed by atoms with Crippen LogP contribution in [0.25, 0.3) is 0 Å². The third-order valence-corrected chi connectivity index (χ3v) is 3.23. The van der Waals surface area contributed by atoms with Crippen molar-refractivity contribution in [2.75, 3.05) is 11.9 Å². The smallest absolute Gasteiger partial charge is 0.418 e. The van der Waals surface area contributed by atoms with Gasteiger partial charge < -0.3 is 20.2 Å². The molecule has 0 aliphatic carbocycles. The zero-order chi connectivity index (χ0) is 18.6. The van der Waals surface area contributed by atoms with Crippen LogP contribution in [0.2, 0.25) is 0 Å². The Morgan fingerprint density at radius 3 is 2.44 bits per heavy atom.